The smallest absolute Gasteiger partial charge is 0.148 e. The molecule has 0 aliphatic carbocycles. The van der Waals surface area contributed by atoms with Gasteiger partial charge >= 0.3 is 0 Å². The number of aryl methyl sites for hydroxylation is 3. The molecule has 12 aromatic carbocycles. The maximum absolute atomic E-state index is 12.4. The first-order valence-corrected chi connectivity index (χ1v) is 42.8. The molecule has 2 N–H and O–H groups in total. The van der Waals surface area contributed by atoms with Crippen molar-refractivity contribution in [2.45, 2.75) is 243 Å². The molecule has 131 heavy (non-hydrogen) atoms. The average molecular weight is 2130 g/mol. The van der Waals surface area contributed by atoms with Crippen LogP contribution in [0.4, 0.5) is 0 Å². The molecule has 0 aliphatic rings. The maximum atomic E-state index is 12.4. The largest absolute Gasteiger partial charge is 0.507 e. The summed E-state index contributed by atoms with van der Waals surface area (Å²) in [5.74, 6) is -1.55. The van der Waals surface area contributed by atoms with E-state index in [0.29, 0.717) is 94.7 Å². The minimum atomic E-state index is -3.96. The van der Waals surface area contributed by atoms with Gasteiger partial charge in [-0.15, -0.1) is 58.7 Å². The van der Waals surface area contributed by atoms with Crippen LogP contribution in [0.15, 0.2) is 255 Å². The van der Waals surface area contributed by atoms with Crippen molar-refractivity contribution < 1.29 is 103 Å². The van der Waals surface area contributed by atoms with Crippen LogP contribution >= 0.6 is 0 Å². The number of fused-ring (bicyclic) bond motifs is 2. The fourth-order valence-electron chi connectivity index (χ4n) is 15.8. The van der Waals surface area contributed by atoms with Gasteiger partial charge in [-0.2, -0.15) is 0 Å². The topological polar surface area (TPSA) is 102 Å². The van der Waals surface area contributed by atoms with Gasteiger partial charge in [0.1, 0.15) is 23.1 Å². The van der Waals surface area contributed by atoms with Gasteiger partial charge in [0.25, 0.3) is 0 Å². The van der Waals surface area contributed by atoms with Crippen molar-refractivity contribution in [2.24, 2.45) is 0 Å². The molecule has 8 nitrogen and oxygen atoms in total. The monoisotopic (exact) mass is 2130 g/mol. The quantitative estimate of drug-likeness (QED) is 0.105. The van der Waals surface area contributed by atoms with Gasteiger partial charge in [0, 0.05) is 114 Å². The Morgan fingerprint density at radius 3 is 1.18 bits per heavy atom. The van der Waals surface area contributed by atoms with E-state index in [-0.39, 0.29) is 104 Å². The van der Waals surface area contributed by atoms with Crippen molar-refractivity contribution in [3.8, 4) is 135 Å². The van der Waals surface area contributed by atoms with E-state index in [4.69, 9.17) is 52.5 Å². The maximum Gasteiger partial charge on any atom is 0.148 e. The summed E-state index contributed by atoms with van der Waals surface area (Å²) in [6.45, 7) is 14.4. The van der Waals surface area contributed by atoms with E-state index < -0.39 is 210 Å². The van der Waals surface area contributed by atoms with E-state index in [1.54, 1.807) is 86.9 Å². The van der Waals surface area contributed by atoms with Gasteiger partial charge in [-0.25, -0.2) is 9.97 Å². The van der Waals surface area contributed by atoms with E-state index in [0.717, 1.165) is 39.1 Å². The first-order valence-electron chi connectivity index (χ1n) is 61.3. The Morgan fingerprint density at radius 1 is 0.351 bits per heavy atom. The van der Waals surface area contributed by atoms with E-state index >= 15 is 0 Å². The third kappa shape index (κ3) is 20.6. The molecule has 16 aromatic rings. The summed E-state index contributed by atoms with van der Waals surface area (Å²) in [4.78, 5) is 19.5. The van der Waals surface area contributed by atoms with Crippen LogP contribution in [0.1, 0.15) is 302 Å². The van der Waals surface area contributed by atoms with Crippen molar-refractivity contribution in [1.29, 1.82) is 0 Å². The Kier molecular flexibility index (Phi) is 16.8. The second-order valence-corrected chi connectivity index (χ2v) is 39.0. The van der Waals surface area contributed by atoms with Crippen LogP contribution < -0.4 is 0 Å². The Balaban J connectivity index is 0.000000273. The number of hydrogen-bond acceptors (Lipinski definition) is 6. The summed E-state index contributed by atoms with van der Waals surface area (Å²) >= 11 is 0. The number of hydrogen-bond donors (Lipinski definition) is 2. The number of imidazole rings is 2. The number of benzene rings is 12. The Labute approximate surface area is 861 Å². The van der Waals surface area contributed by atoms with Crippen molar-refractivity contribution in [1.82, 2.24) is 29.1 Å². The third-order valence-corrected chi connectivity index (χ3v) is 23.1. The first-order chi connectivity index (χ1) is 75.7. The molecule has 0 spiro atoms. The van der Waals surface area contributed by atoms with Gasteiger partial charge in [-0.05, 0) is 214 Å². The minimum Gasteiger partial charge on any atom is -0.507 e. The van der Waals surface area contributed by atoms with Crippen LogP contribution in [0.5, 0.6) is 11.5 Å². The number of aromatic nitrogens is 6. The van der Waals surface area contributed by atoms with E-state index in [1.165, 1.54) is 0 Å². The number of phenolic OH excluding ortho intramolecular Hbond substituents is 2. The molecule has 4 aromatic heterocycles. The summed E-state index contributed by atoms with van der Waals surface area (Å²) < 4.78 is 326. The molecule has 0 aliphatic heterocycles. The van der Waals surface area contributed by atoms with Crippen LogP contribution in [0.25, 0.3) is 145 Å². The number of pyridine rings is 2. The molecular formula is C121H130N6O2Pt2-2. The Morgan fingerprint density at radius 2 is 0.771 bits per heavy atom. The SMILES string of the molecule is [2H]c1nc(-c2[c-]c(-c3cccc4c3nc(-c3cc(C)cc(C(C)(C)C)c3O)n4-c3ccc(-c4cc(C([2H])(C)C)cc(C([2H])(C)C)c4)cc3C([2H])([2H])[2H])cc(C(C)(C)C)c2)c([2H])c(-c2c([2H])c([2H])c(C(C([2H])([2H])[2H])(C([2H])([2H])[2H])C([2H])([2H])[2H])c([2H])c2[2H])c1[2H].[2H]c1nc(-c2[c-]c(-c3cccc4c3nc(-c3cc(C)cc(C(C)(C)C)c3O)n4-c3ccc(C(C)(C)C)cc3-c3ccccc3)cc(C(C)(C)C)c2)c([2H])c(-c2c([2H])c([2H])c(C(C([2H])([2H])[2H])(C([2H])([2H])[2H])C([2H])([2H])[2H])c([2H])c2[2H])c1[2H].[Pt].[Pt]. The van der Waals surface area contributed by atoms with Crippen LogP contribution in [0.2, 0.25) is 0 Å². The number of para-hydroxylation sites is 2. The second kappa shape index (κ2) is 37.1. The van der Waals surface area contributed by atoms with Gasteiger partial charge in [0.15, 0.2) is 0 Å². The van der Waals surface area contributed by atoms with Crippen molar-refractivity contribution >= 4 is 22.1 Å². The molecular weight excluding hydrogens is 1960 g/mol. The average Bonchev–Trinajstić information content (AvgIpc) is 0.798. The predicted octanol–water partition coefficient (Wildman–Crippen LogP) is 32.8. The molecule has 16 rings (SSSR count). The zero-order valence-corrected chi connectivity index (χ0v) is 81.9. The predicted molar refractivity (Wildman–Crippen MR) is 546 cm³/mol. The summed E-state index contributed by atoms with van der Waals surface area (Å²) in [7, 11) is 0. The minimum absolute atomic E-state index is 0. The van der Waals surface area contributed by atoms with E-state index in [9.17, 15) is 18.4 Å². The normalized spacial score (nSPS) is 17.3. The van der Waals surface area contributed by atoms with Gasteiger partial charge in [0.05, 0.1) is 63.8 Å². The number of nitrogens with zero attached hydrogens (tertiary/aromatic N) is 6. The molecule has 0 bridgehead atoms. The zero-order chi connectivity index (χ0) is 124. The Hall–Kier alpha value is -11.1. The van der Waals surface area contributed by atoms with Crippen molar-refractivity contribution in [2.75, 3.05) is 0 Å². The fourth-order valence-corrected chi connectivity index (χ4v) is 15.8. The molecule has 0 radical (unpaired) electrons. The zero-order valence-electron chi connectivity index (χ0n) is 114. The summed E-state index contributed by atoms with van der Waals surface area (Å²) in [6, 6.07) is 46.2. The summed E-state index contributed by atoms with van der Waals surface area (Å²) in [6.07, 6.45) is -1.55. The van der Waals surface area contributed by atoms with Crippen LogP contribution in [-0.2, 0) is 80.0 Å². The van der Waals surface area contributed by atoms with Crippen molar-refractivity contribution in [3.05, 3.63) is 334 Å². The van der Waals surface area contributed by atoms with Gasteiger partial charge < -0.3 is 10.2 Å². The molecule has 0 atom stereocenters. The number of phenols is 2. The Bertz CT molecular complexity index is 8690. The summed E-state index contributed by atoms with van der Waals surface area (Å²) in [5.41, 5.74) is -1.62. The second-order valence-electron chi connectivity index (χ2n) is 39.0. The molecule has 0 saturated heterocycles. The first kappa shape index (κ1) is 59.4. The third-order valence-electron chi connectivity index (χ3n) is 23.1. The molecule has 0 saturated carbocycles. The molecule has 0 fully saturated rings. The van der Waals surface area contributed by atoms with Crippen LogP contribution in [0, 0.1) is 32.8 Å². The van der Waals surface area contributed by atoms with Crippen LogP contribution in [-0.4, -0.2) is 39.3 Å². The van der Waals surface area contributed by atoms with E-state index in [2.05, 4.69) is 77.8 Å². The number of aromatic hydroxyl groups is 2. The van der Waals surface area contributed by atoms with E-state index in [1.807, 2.05) is 182 Å². The standard InChI is InChI=1S/C62H68N3O.C59H62N3O.2Pt/c1-37(2)44-30-45(38(3)4)32-46(31-44)42-21-24-55(40(6)29-42)65-56-18-16-17-51(57(56)64-59(65)52-27-39(5)28-53(58(52)66)62(13,14)15)47-33-48(35-50(34-47)61(10,11)12)54-36-43(25-26-63-54)41-19-22-49(23-20-41)60(7,8)9;1-37-30-48(54(63)49(31-37)59(11,12)13)55-61-53-46(20-17-21-52(53)62(55)51-27-26-44(57(5,6)7)36-47(51)39-18-15-14-16-19-39)41-32-42(34-45(33-41)58(8,9)10)50-35-40(28-29-60-50)38-22-24-43(25-23-38)56(2,3)4;;/h16-32,34-38,66H,1-15H3;14-31,33-36,63H,1-13H3;;/q2*-1;;/i6D3,7D3,8D3,9D3,19D,20D,22D,23D,25D,26D,36D,37D,38D;2D3,3D3,4D3,22D,23D,24D,25D,28D,29D,35D;;. The molecule has 678 valence electrons. The number of rotatable bonds is 14. The fraction of sp³-hybridized carbons (Fsp3) is 0.306. The van der Waals surface area contributed by atoms with Crippen LogP contribution in [0.3, 0.4) is 0 Å². The molecule has 4 heterocycles. The molecule has 0 unspecified atom stereocenters. The summed E-state index contributed by atoms with van der Waals surface area (Å²) in [5, 5.41) is 24.8. The van der Waals surface area contributed by atoms with Gasteiger partial charge in [0.2, 0.25) is 0 Å². The van der Waals surface area contributed by atoms with Gasteiger partial charge in [-0.3, -0.25) is 19.1 Å². The molecule has 10 heteroatoms. The van der Waals surface area contributed by atoms with Crippen molar-refractivity contribution in [3.63, 3.8) is 0 Å². The van der Waals surface area contributed by atoms with Gasteiger partial charge in [-0.1, -0.05) is 352 Å². The molecule has 0 amide bonds.